The number of hydrogen-bond acceptors (Lipinski definition) is 4. The highest BCUT2D eigenvalue weighted by Gasteiger charge is 2.30. The van der Waals surface area contributed by atoms with E-state index in [-0.39, 0.29) is 12.0 Å². The average Bonchev–Trinajstić information content (AvgIpc) is 2.72. The van der Waals surface area contributed by atoms with Crippen LogP contribution >= 0.6 is 0 Å². The predicted molar refractivity (Wildman–Crippen MR) is 119 cm³/mol. The Morgan fingerprint density at radius 3 is 2.27 bits per heavy atom. The number of hydrogen-bond donors (Lipinski definition) is 1. The number of amides is 1. The third kappa shape index (κ3) is 5.32. The number of carbonyl (C=O) groups excluding carboxylic acids is 2. The lowest BCUT2D eigenvalue weighted by Crippen LogP contribution is -2.39. The van der Waals surface area contributed by atoms with Crippen molar-refractivity contribution in [2.24, 2.45) is 11.3 Å². The molecule has 30 heavy (non-hydrogen) atoms. The first kappa shape index (κ1) is 22.1. The van der Waals surface area contributed by atoms with Crippen LogP contribution in [-0.2, 0) is 9.53 Å². The Morgan fingerprint density at radius 2 is 1.63 bits per heavy atom. The van der Waals surface area contributed by atoms with Crippen molar-refractivity contribution in [1.82, 2.24) is 5.32 Å². The molecular weight excluding hydrogens is 378 g/mol. The minimum absolute atomic E-state index is 0.269. The van der Waals surface area contributed by atoms with Crippen molar-refractivity contribution < 1.29 is 19.1 Å². The van der Waals surface area contributed by atoms with E-state index in [0.29, 0.717) is 11.0 Å². The molecule has 1 atom stereocenters. The van der Waals surface area contributed by atoms with E-state index in [2.05, 4.69) is 30.8 Å². The van der Waals surface area contributed by atoms with Gasteiger partial charge in [0.1, 0.15) is 11.8 Å². The van der Waals surface area contributed by atoms with Gasteiger partial charge in [0.25, 0.3) is 5.91 Å². The molecule has 0 bridgehead atoms. The van der Waals surface area contributed by atoms with Crippen molar-refractivity contribution in [1.29, 1.82) is 0 Å². The first-order valence-electron chi connectivity index (χ1n) is 10.8. The van der Waals surface area contributed by atoms with Crippen molar-refractivity contribution >= 4 is 22.6 Å². The molecule has 5 nitrogen and oxygen atoms in total. The van der Waals surface area contributed by atoms with Crippen LogP contribution in [0.15, 0.2) is 36.4 Å². The van der Waals surface area contributed by atoms with E-state index in [1.54, 1.807) is 13.0 Å². The summed E-state index contributed by atoms with van der Waals surface area (Å²) in [6.45, 7) is 8.58. The Hall–Kier alpha value is -2.56. The highest BCUT2D eigenvalue weighted by Crippen LogP contribution is 2.39. The minimum atomic E-state index is -0.692. The van der Waals surface area contributed by atoms with Gasteiger partial charge in [-0.1, -0.05) is 32.9 Å². The van der Waals surface area contributed by atoms with Gasteiger partial charge < -0.3 is 14.8 Å². The van der Waals surface area contributed by atoms with Gasteiger partial charge in [-0.05, 0) is 79.0 Å². The Morgan fingerprint density at radius 1 is 1.00 bits per heavy atom. The van der Waals surface area contributed by atoms with Crippen molar-refractivity contribution in [2.45, 2.75) is 65.5 Å². The maximum absolute atomic E-state index is 12.4. The number of benzene rings is 2. The lowest BCUT2D eigenvalue weighted by atomic mass is 9.72. The number of rotatable bonds is 5. The van der Waals surface area contributed by atoms with Crippen LogP contribution in [0.2, 0.25) is 0 Å². The van der Waals surface area contributed by atoms with Crippen molar-refractivity contribution in [3.63, 3.8) is 0 Å². The van der Waals surface area contributed by atoms with E-state index < -0.39 is 12.0 Å². The molecule has 2 aromatic carbocycles. The Bertz CT molecular complexity index is 907. The number of nitrogens with one attached hydrogen (secondary N) is 1. The van der Waals surface area contributed by atoms with E-state index in [9.17, 15) is 9.59 Å². The Kier molecular flexibility index (Phi) is 6.69. The quantitative estimate of drug-likeness (QED) is 0.694. The molecular formula is C25H33NO4. The van der Waals surface area contributed by atoms with Crippen molar-refractivity contribution in [2.75, 3.05) is 7.11 Å². The first-order chi connectivity index (χ1) is 14.2. The molecule has 1 saturated carbocycles. The standard InChI is InChI=1S/C25H33NO4/c1-16(24(28)29-5)26-23(27)19-7-6-18-15-22(11-8-17(18)14-19)30-21-12-9-20(10-13-21)25(2,3)4/h6-8,11,14-16,20-21H,9-10,12-13H2,1-5H3,(H,26,27). The maximum atomic E-state index is 12.4. The molecule has 1 fully saturated rings. The van der Waals surface area contributed by atoms with Gasteiger partial charge >= 0.3 is 5.97 Å². The molecule has 0 saturated heterocycles. The molecule has 0 heterocycles. The van der Waals surface area contributed by atoms with Crippen molar-refractivity contribution in [3.8, 4) is 5.75 Å². The molecule has 1 amide bonds. The fourth-order valence-electron chi connectivity index (χ4n) is 4.19. The molecule has 1 aliphatic rings. The van der Waals surface area contributed by atoms with E-state index >= 15 is 0 Å². The molecule has 0 aromatic heterocycles. The summed E-state index contributed by atoms with van der Waals surface area (Å²) in [6.07, 6.45) is 4.88. The molecule has 1 unspecified atom stereocenters. The van der Waals surface area contributed by atoms with E-state index in [0.717, 1.165) is 35.3 Å². The van der Waals surface area contributed by atoms with Gasteiger partial charge in [0.15, 0.2) is 0 Å². The molecule has 2 aromatic rings. The number of fused-ring (bicyclic) bond motifs is 1. The minimum Gasteiger partial charge on any atom is -0.490 e. The molecule has 0 spiro atoms. The van der Waals surface area contributed by atoms with Crippen LogP contribution in [-0.4, -0.2) is 31.1 Å². The van der Waals surface area contributed by atoms with Gasteiger partial charge in [0.05, 0.1) is 13.2 Å². The molecule has 162 valence electrons. The van der Waals surface area contributed by atoms with Crippen LogP contribution in [0.1, 0.15) is 63.7 Å². The fraction of sp³-hybridized carbons (Fsp3) is 0.520. The molecule has 1 aliphatic carbocycles. The number of methoxy groups -OCH3 is 1. The zero-order chi connectivity index (χ0) is 21.9. The highest BCUT2D eigenvalue weighted by molar-refractivity contribution is 6.00. The Labute approximate surface area is 179 Å². The Balaban J connectivity index is 1.64. The fourth-order valence-corrected chi connectivity index (χ4v) is 4.19. The van der Waals surface area contributed by atoms with E-state index in [4.69, 9.17) is 4.74 Å². The summed E-state index contributed by atoms with van der Waals surface area (Å²) in [5, 5.41) is 4.63. The molecule has 3 rings (SSSR count). The third-order valence-corrected chi connectivity index (χ3v) is 6.18. The monoisotopic (exact) mass is 411 g/mol. The summed E-state index contributed by atoms with van der Waals surface area (Å²) in [5.74, 6) is 0.867. The van der Waals surface area contributed by atoms with Gasteiger partial charge in [0.2, 0.25) is 0 Å². The molecule has 1 N–H and O–H groups in total. The summed E-state index contributed by atoms with van der Waals surface area (Å²) >= 11 is 0. The number of esters is 1. The second-order valence-electron chi connectivity index (χ2n) is 9.40. The van der Waals surface area contributed by atoms with Crippen LogP contribution in [0.3, 0.4) is 0 Å². The van der Waals surface area contributed by atoms with E-state index in [1.807, 2.05) is 30.3 Å². The van der Waals surface area contributed by atoms with Crippen LogP contribution in [0.4, 0.5) is 0 Å². The predicted octanol–water partition coefficient (Wildman–Crippen LogP) is 5.11. The van der Waals surface area contributed by atoms with Gasteiger partial charge in [-0.15, -0.1) is 0 Å². The zero-order valence-corrected chi connectivity index (χ0v) is 18.7. The van der Waals surface area contributed by atoms with Gasteiger partial charge in [-0.25, -0.2) is 4.79 Å². The van der Waals surface area contributed by atoms with E-state index in [1.165, 1.54) is 20.0 Å². The first-order valence-corrected chi connectivity index (χ1v) is 10.8. The smallest absolute Gasteiger partial charge is 0.328 e. The molecule has 5 heteroatoms. The lowest BCUT2D eigenvalue weighted by Gasteiger charge is -2.37. The number of carbonyl (C=O) groups is 2. The third-order valence-electron chi connectivity index (χ3n) is 6.18. The summed E-state index contributed by atoms with van der Waals surface area (Å²) in [4.78, 5) is 23.9. The van der Waals surface area contributed by atoms with Gasteiger partial charge in [-0.2, -0.15) is 0 Å². The van der Waals surface area contributed by atoms with Crippen LogP contribution in [0.25, 0.3) is 10.8 Å². The SMILES string of the molecule is COC(=O)C(C)NC(=O)c1ccc2cc(OC3CCC(C(C)(C)C)CC3)ccc2c1. The normalized spacial score (nSPS) is 20.4. The zero-order valence-electron chi connectivity index (χ0n) is 18.7. The van der Waals surface area contributed by atoms with Crippen LogP contribution in [0.5, 0.6) is 5.75 Å². The molecule has 0 radical (unpaired) electrons. The van der Waals surface area contributed by atoms with Crippen molar-refractivity contribution in [3.05, 3.63) is 42.0 Å². The second-order valence-corrected chi connectivity index (χ2v) is 9.40. The van der Waals surface area contributed by atoms with Gasteiger partial charge in [0, 0.05) is 5.56 Å². The topological polar surface area (TPSA) is 64.6 Å². The second kappa shape index (κ2) is 9.07. The lowest BCUT2D eigenvalue weighted by molar-refractivity contribution is -0.142. The maximum Gasteiger partial charge on any atom is 0.328 e. The van der Waals surface area contributed by atoms with Gasteiger partial charge in [-0.3, -0.25) is 4.79 Å². The summed E-state index contributed by atoms with van der Waals surface area (Å²) in [6, 6.07) is 10.8. The largest absolute Gasteiger partial charge is 0.490 e. The average molecular weight is 412 g/mol. The summed E-state index contributed by atoms with van der Waals surface area (Å²) in [7, 11) is 1.30. The van der Waals surface area contributed by atoms with Crippen LogP contribution in [0, 0.1) is 11.3 Å². The summed E-state index contributed by atoms with van der Waals surface area (Å²) < 4.78 is 10.9. The highest BCUT2D eigenvalue weighted by atomic mass is 16.5. The van der Waals surface area contributed by atoms with Crippen LogP contribution < -0.4 is 10.1 Å². The number of ether oxygens (including phenoxy) is 2. The summed E-state index contributed by atoms with van der Waals surface area (Å²) in [5.41, 5.74) is 0.874. The molecule has 0 aliphatic heterocycles.